The first-order chi connectivity index (χ1) is 10.1. The quantitative estimate of drug-likeness (QED) is 0.846. The molecule has 0 radical (unpaired) electrons. The summed E-state index contributed by atoms with van der Waals surface area (Å²) in [5.41, 5.74) is 1.04. The molecule has 0 spiro atoms. The molecule has 1 amide bonds. The molecule has 1 aliphatic carbocycles. The highest BCUT2D eigenvalue weighted by Gasteiger charge is 2.24. The molecule has 4 heteroatoms. The van der Waals surface area contributed by atoms with E-state index in [2.05, 4.69) is 29.5 Å². The minimum atomic E-state index is 0.100. The van der Waals surface area contributed by atoms with Gasteiger partial charge in [-0.3, -0.25) is 9.78 Å². The van der Waals surface area contributed by atoms with Crippen molar-refractivity contribution in [1.82, 2.24) is 15.6 Å². The van der Waals surface area contributed by atoms with E-state index in [-0.39, 0.29) is 5.91 Å². The summed E-state index contributed by atoms with van der Waals surface area (Å²) >= 11 is 0. The van der Waals surface area contributed by atoms with Crippen molar-refractivity contribution in [1.29, 1.82) is 0 Å². The maximum absolute atomic E-state index is 11.8. The van der Waals surface area contributed by atoms with Gasteiger partial charge in [-0.25, -0.2) is 0 Å². The number of carbonyl (C=O) groups excluding carboxylic acids is 1. The highest BCUT2D eigenvalue weighted by molar-refractivity contribution is 5.76. The summed E-state index contributed by atoms with van der Waals surface area (Å²) in [4.78, 5) is 15.9. The van der Waals surface area contributed by atoms with E-state index in [4.69, 9.17) is 0 Å². The number of rotatable bonds is 6. The van der Waals surface area contributed by atoms with Crippen molar-refractivity contribution in [3.05, 3.63) is 30.1 Å². The number of hydrogen-bond acceptors (Lipinski definition) is 3. The topological polar surface area (TPSA) is 54.0 Å². The molecular weight excluding hydrogens is 262 g/mol. The number of aromatic nitrogens is 1. The van der Waals surface area contributed by atoms with Crippen LogP contribution in [0.25, 0.3) is 0 Å². The smallest absolute Gasteiger partial charge is 0.221 e. The van der Waals surface area contributed by atoms with Crippen molar-refractivity contribution in [2.75, 3.05) is 6.54 Å². The molecule has 116 valence electrons. The molecule has 3 atom stereocenters. The molecule has 1 aliphatic rings. The van der Waals surface area contributed by atoms with E-state index >= 15 is 0 Å². The molecular formula is C17H27N3O. The average Bonchev–Trinajstić information content (AvgIpc) is 2.48. The van der Waals surface area contributed by atoms with Crippen LogP contribution < -0.4 is 10.6 Å². The summed E-state index contributed by atoms with van der Waals surface area (Å²) in [7, 11) is 0. The van der Waals surface area contributed by atoms with E-state index in [0.29, 0.717) is 24.9 Å². The molecule has 0 bridgehead atoms. The number of pyridine rings is 1. The Labute approximate surface area is 127 Å². The maximum Gasteiger partial charge on any atom is 0.221 e. The predicted octanol–water partition coefficient (Wildman–Crippen LogP) is 2.50. The zero-order valence-corrected chi connectivity index (χ0v) is 13.1. The Morgan fingerprint density at radius 2 is 2.24 bits per heavy atom. The number of nitrogens with zero attached hydrogens (tertiary/aromatic N) is 1. The molecule has 1 saturated carbocycles. The minimum absolute atomic E-state index is 0.100. The number of hydrogen-bond donors (Lipinski definition) is 2. The second-order valence-electron chi connectivity index (χ2n) is 6.34. The maximum atomic E-state index is 11.8. The lowest BCUT2D eigenvalue weighted by Gasteiger charge is -2.33. The van der Waals surface area contributed by atoms with Gasteiger partial charge in [-0.15, -0.1) is 0 Å². The lowest BCUT2D eigenvalue weighted by atomic mass is 9.80. The summed E-state index contributed by atoms with van der Waals surface area (Å²) in [5.74, 6) is 1.66. The minimum Gasteiger partial charge on any atom is -0.352 e. The lowest BCUT2D eigenvalue weighted by molar-refractivity contribution is -0.121. The Bertz CT molecular complexity index is 435. The summed E-state index contributed by atoms with van der Waals surface area (Å²) in [5, 5.41) is 6.48. The Morgan fingerprint density at radius 1 is 1.38 bits per heavy atom. The highest BCUT2D eigenvalue weighted by atomic mass is 16.1. The van der Waals surface area contributed by atoms with Gasteiger partial charge in [-0.05, 0) is 42.7 Å². The fraction of sp³-hybridized carbons (Fsp3) is 0.647. The molecule has 0 aliphatic heterocycles. The summed E-state index contributed by atoms with van der Waals surface area (Å²) < 4.78 is 0. The Balaban J connectivity index is 1.61. The van der Waals surface area contributed by atoms with Crippen molar-refractivity contribution in [2.24, 2.45) is 11.8 Å². The first-order valence-electron chi connectivity index (χ1n) is 8.04. The molecule has 1 aromatic rings. The van der Waals surface area contributed by atoms with Crippen LogP contribution >= 0.6 is 0 Å². The van der Waals surface area contributed by atoms with Crippen LogP contribution in [0.1, 0.15) is 45.1 Å². The first kappa shape index (κ1) is 16.0. The molecule has 0 aromatic carbocycles. The Kier molecular flexibility index (Phi) is 6.18. The number of amides is 1. The van der Waals surface area contributed by atoms with Crippen LogP contribution in [0, 0.1) is 11.8 Å². The van der Waals surface area contributed by atoms with Crippen LogP contribution in [0.5, 0.6) is 0 Å². The summed E-state index contributed by atoms with van der Waals surface area (Å²) in [6.07, 6.45) is 7.89. The molecule has 2 N–H and O–H groups in total. The van der Waals surface area contributed by atoms with Crippen molar-refractivity contribution >= 4 is 5.91 Å². The van der Waals surface area contributed by atoms with E-state index in [1.54, 1.807) is 12.4 Å². The van der Waals surface area contributed by atoms with Gasteiger partial charge in [-0.2, -0.15) is 0 Å². The Morgan fingerprint density at radius 3 is 2.95 bits per heavy atom. The zero-order chi connectivity index (χ0) is 15.1. The summed E-state index contributed by atoms with van der Waals surface area (Å²) in [6.45, 7) is 5.97. The molecule has 2 rings (SSSR count). The van der Waals surface area contributed by atoms with Crippen molar-refractivity contribution in [3.63, 3.8) is 0 Å². The van der Waals surface area contributed by atoms with Gasteiger partial charge in [0.1, 0.15) is 0 Å². The molecule has 4 nitrogen and oxygen atoms in total. The fourth-order valence-electron chi connectivity index (χ4n) is 3.13. The van der Waals surface area contributed by atoms with Gasteiger partial charge in [-0.1, -0.05) is 19.9 Å². The van der Waals surface area contributed by atoms with Crippen molar-refractivity contribution in [2.45, 2.75) is 52.1 Å². The van der Waals surface area contributed by atoms with Gasteiger partial charge in [0.05, 0.1) is 0 Å². The third-order valence-electron chi connectivity index (χ3n) is 4.40. The van der Waals surface area contributed by atoms with Crippen LogP contribution in [0.15, 0.2) is 24.5 Å². The molecule has 1 aromatic heterocycles. The van der Waals surface area contributed by atoms with E-state index in [0.717, 1.165) is 18.0 Å². The molecule has 0 unspecified atom stereocenters. The van der Waals surface area contributed by atoms with Crippen molar-refractivity contribution in [3.8, 4) is 0 Å². The van der Waals surface area contributed by atoms with E-state index in [9.17, 15) is 4.79 Å². The van der Waals surface area contributed by atoms with Crippen LogP contribution in [0.2, 0.25) is 0 Å². The van der Waals surface area contributed by atoms with E-state index in [1.165, 1.54) is 19.3 Å². The third-order valence-corrected chi connectivity index (χ3v) is 4.40. The standard InChI is InChI=1S/C17H27N3O/c1-13-5-6-16(14(2)10-13)19-9-7-17(21)20-12-15-4-3-8-18-11-15/h3-4,8,11,13-14,16,19H,5-7,9-10,12H2,1-2H3,(H,20,21)/t13-,14-,16+/m1/s1. The normalized spacial score (nSPS) is 25.5. The largest absolute Gasteiger partial charge is 0.352 e. The molecule has 1 heterocycles. The molecule has 1 fully saturated rings. The summed E-state index contributed by atoms with van der Waals surface area (Å²) in [6, 6.07) is 4.43. The van der Waals surface area contributed by atoms with Crippen LogP contribution in [0.4, 0.5) is 0 Å². The number of carbonyl (C=O) groups is 1. The van der Waals surface area contributed by atoms with Crippen LogP contribution in [-0.2, 0) is 11.3 Å². The SMILES string of the molecule is C[C@@H]1CC[C@H](NCCC(=O)NCc2cccnc2)[C@H](C)C1. The second-order valence-corrected chi connectivity index (χ2v) is 6.34. The van der Waals surface area contributed by atoms with Gasteiger partial charge < -0.3 is 10.6 Å². The van der Waals surface area contributed by atoms with Crippen molar-refractivity contribution < 1.29 is 4.79 Å². The first-order valence-corrected chi connectivity index (χ1v) is 8.04. The van der Waals surface area contributed by atoms with E-state index < -0.39 is 0 Å². The average molecular weight is 289 g/mol. The molecule has 21 heavy (non-hydrogen) atoms. The van der Waals surface area contributed by atoms with Gasteiger partial charge >= 0.3 is 0 Å². The van der Waals surface area contributed by atoms with Gasteiger partial charge in [0.25, 0.3) is 0 Å². The number of nitrogens with one attached hydrogen (secondary N) is 2. The highest BCUT2D eigenvalue weighted by Crippen LogP contribution is 2.28. The van der Waals surface area contributed by atoms with Gasteiger partial charge in [0.15, 0.2) is 0 Å². The van der Waals surface area contributed by atoms with E-state index in [1.807, 2.05) is 12.1 Å². The molecule has 0 saturated heterocycles. The lowest BCUT2D eigenvalue weighted by Crippen LogP contribution is -2.40. The predicted molar refractivity (Wildman–Crippen MR) is 84.7 cm³/mol. The monoisotopic (exact) mass is 289 g/mol. The van der Waals surface area contributed by atoms with Gasteiger partial charge in [0.2, 0.25) is 5.91 Å². The van der Waals surface area contributed by atoms with Crippen LogP contribution in [-0.4, -0.2) is 23.5 Å². The van der Waals surface area contributed by atoms with Gasteiger partial charge in [0, 0.05) is 37.9 Å². The zero-order valence-electron chi connectivity index (χ0n) is 13.1. The third kappa shape index (κ3) is 5.46. The second kappa shape index (κ2) is 8.13. The fourth-order valence-corrected chi connectivity index (χ4v) is 3.13. The van der Waals surface area contributed by atoms with Crippen LogP contribution in [0.3, 0.4) is 0 Å². The Hall–Kier alpha value is -1.42.